The van der Waals surface area contributed by atoms with Crippen molar-refractivity contribution >= 4 is 17.6 Å². The van der Waals surface area contributed by atoms with E-state index in [1.54, 1.807) is 6.20 Å². The van der Waals surface area contributed by atoms with Crippen LogP contribution in [0.2, 0.25) is 0 Å². The van der Waals surface area contributed by atoms with Gasteiger partial charge in [-0.15, -0.1) is 0 Å². The standard InChI is InChI=1S/C31H36F2N4O2/c1-31(2,34)23-13-11-22(12-14-23)26-19-35-27(18-25(26)21-7-5-4-6-8-21)36-28(38)17-20-9-15-24(16-10-20)37(3)30(39)29(32)33/h4-8,11-14,18-20,24,29H,9-10,15-17,34H2,1-3H3,(H,35,36,38). The van der Waals surface area contributed by atoms with Gasteiger partial charge >= 0.3 is 6.43 Å². The van der Waals surface area contributed by atoms with Gasteiger partial charge in [0.15, 0.2) is 0 Å². The maximum absolute atomic E-state index is 12.9. The number of halogens is 2. The van der Waals surface area contributed by atoms with E-state index >= 15 is 0 Å². The molecule has 0 unspecified atom stereocenters. The number of benzene rings is 2. The van der Waals surface area contributed by atoms with Crippen molar-refractivity contribution in [1.82, 2.24) is 9.88 Å². The third-order valence-electron chi connectivity index (χ3n) is 7.57. The van der Waals surface area contributed by atoms with E-state index < -0.39 is 17.9 Å². The second-order valence-electron chi connectivity index (χ2n) is 11.0. The van der Waals surface area contributed by atoms with Gasteiger partial charge in [-0.3, -0.25) is 9.59 Å². The molecule has 6 nitrogen and oxygen atoms in total. The summed E-state index contributed by atoms with van der Waals surface area (Å²) in [6, 6.07) is 19.8. The molecule has 0 bridgehead atoms. The van der Waals surface area contributed by atoms with Crippen LogP contribution in [0.5, 0.6) is 0 Å². The molecule has 1 fully saturated rings. The molecule has 2 aromatic carbocycles. The summed E-state index contributed by atoms with van der Waals surface area (Å²) in [5.74, 6) is -0.670. The van der Waals surface area contributed by atoms with Crippen LogP contribution in [0.15, 0.2) is 66.9 Å². The Hall–Kier alpha value is -3.65. The second kappa shape index (κ2) is 12.0. The fourth-order valence-electron chi connectivity index (χ4n) is 5.22. The molecule has 0 aliphatic heterocycles. The minimum atomic E-state index is -2.99. The molecule has 0 radical (unpaired) electrons. The van der Waals surface area contributed by atoms with Gasteiger partial charge in [-0.2, -0.15) is 8.78 Å². The smallest absolute Gasteiger partial charge is 0.315 e. The number of amides is 2. The van der Waals surface area contributed by atoms with Crippen LogP contribution in [0.25, 0.3) is 22.3 Å². The van der Waals surface area contributed by atoms with E-state index in [4.69, 9.17) is 5.73 Å². The third-order valence-corrected chi connectivity index (χ3v) is 7.57. The fourth-order valence-corrected chi connectivity index (χ4v) is 5.22. The molecular formula is C31H36F2N4O2. The SMILES string of the molecule is CN(C(=O)C(F)F)C1CCC(CC(=O)Nc2cc(-c3ccccc3)c(-c3ccc(C(C)(C)N)cc3)cn2)CC1. The van der Waals surface area contributed by atoms with E-state index in [1.165, 1.54) is 7.05 Å². The molecule has 2 amide bonds. The van der Waals surface area contributed by atoms with Crippen LogP contribution in [0.1, 0.15) is 51.5 Å². The van der Waals surface area contributed by atoms with Crippen molar-refractivity contribution in [3.05, 3.63) is 72.4 Å². The number of carbonyl (C=O) groups excluding carboxylic acids is 2. The highest BCUT2D eigenvalue weighted by molar-refractivity contribution is 5.92. The van der Waals surface area contributed by atoms with E-state index in [1.807, 2.05) is 74.5 Å². The Morgan fingerprint density at radius 3 is 2.21 bits per heavy atom. The lowest BCUT2D eigenvalue weighted by molar-refractivity contribution is -0.144. The maximum atomic E-state index is 12.9. The van der Waals surface area contributed by atoms with Gasteiger partial charge in [0.05, 0.1) is 0 Å². The summed E-state index contributed by atoms with van der Waals surface area (Å²) in [6.07, 6.45) is 1.74. The highest BCUT2D eigenvalue weighted by Crippen LogP contribution is 2.35. The van der Waals surface area contributed by atoms with Crippen LogP contribution >= 0.6 is 0 Å². The molecule has 206 valence electrons. The molecule has 3 aromatic rings. The number of rotatable bonds is 8. The van der Waals surface area contributed by atoms with Crippen molar-refractivity contribution in [1.29, 1.82) is 0 Å². The Morgan fingerprint density at radius 1 is 1.00 bits per heavy atom. The number of aromatic nitrogens is 1. The number of alkyl halides is 2. The monoisotopic (exact) mass is 534 g/mol. The number of nitrogens with zero attached hydrogens (tertiary/aromatic N) is 2. The third kappa shape index (κ3) is 7.06. The number of pyridine rings is 1. The fraction of sp³-hybridized carbons (Fsp3) is 0.387. The Kier molecular flexibility index (Phi) is 8.75. The van der Waals surface area contributed by atoms with Crippen molar-refractivity contribution in [2.24, 2.45) is 11.7 Å². The Labute approximate surface area is 228 Å². The van der Waals surface area contributed by atoms with Crippen LogP contribution in [0.4, 0.5) is 14.6 Å². The summed E-state index contributed by atoms with van der Waals surface area (Å²) in [7, 11) is 1.43. The number of nitrogens with two attached hydrogens (primary N) is 1. The Morgan fingerprint density at radius 2 is 1.62 bits per heavy atom. The first-order valence-electron chi connectivity index (χ1n) is 13.3. The van der Waals surface area contributed by atoms with Gasteiger partial charge in [0.25, 0.3) is 5.91 Å². The highest BCUT2D eigenvalue weighted by atomic mass is 19.3. The van der Waals surface area contributed by atoms with E-state index in [0.29, 0.717) is 37.9 Å². The minimum Gasteiger partial charge on any atom is -0.338 e. The van der Waals surface area contributed by atoms with Crippen LogP contribution in [0.3, 0.4) is 0 Å². The summed E-state index contributed by atoms with van der Waals surface area (Å²) in [5, 5.41) is 2.94. The lowest BCUT2D eigenvalue weighted by Crippen LogP contribution is -2.42. The van der Waals surface area contributed by atoms with E-state index in [9.17, 15) is 18.4 Å². The summed E-state index contributed by atoms with van der Waals surface area (Å²) in [6.45, 7) is 3.93. The molecule has 39 heavy (non-hydrogen) atoms. The molecule has 4 rings (SSSR count). The van der Waals surface area contributed by atoms with Crippen molar-refractivity contribution in [3.8, 4) is 22.3 Å². The van der Waals surface area contributed by atoms with Gasteiger partial charge in [-0.1, -0.05) is 54.6 Å². The number of hydrogen-bond acceptors (Lipinski definition) is 4. The first-order valence-corrected chi connectivity index (χ1v) is 13.3. The summed E-state index contributed by atoms with van der Waals surface area (Å²) < 4.78 is 25.5. The molecule has 1 aliphatic rings. The normalized spacial score (nSPS) is 17.6. The van der Waals surface area contributed by atoms with Crippen LogP contribution in [-0.4, -0.2) is 41.2 Å². The Balaban J connectivity index is 1.46. The zero-order chi connectivity index (χ0) is 28.2. The quantitative estimate of drug-likeness (QED) is 0.359. The number of anilines is 1. The van der Waals surface area contributed by atoms with E-state index in [2.05, 4.69) is 10.3 Å². The number of carbonyl (C=O) groups is 2. The average Bonchev–Trinajstić information content (AvgIpc) is 2.92. The molecule has 1 saturated carbocycles. The maximum Gasteiger partial charge on any atom is 0.315 e. The lowest BCUT2D eigenvalue weighted by Gasteiger charge is -2.34. The molecule has 1 aromatic heterocycles. The Bertz CT molecular complexity index is 1280. The van der Waals surface area contributed by atoms with Gasteiger partial charge in [0.1, 0.15) is 5.82 Å². The largest absolute Gasteiger partial charge is 0.338 e. The molecule has 0 atom stereocenters. The molecular weight excluding hydrogens is 498 g/mol. The molecule has 1 aliphatic carbocycles. The predicted octanol–water partition coefficient (Wildman–Crippen LogP) is 6.22. The zero-order valence-corrected chi connectivity index (χ0v) is 22.7. The summed E-state index contributed by atoms with van der Waals surface area (Å²) in [4.78, 5) is 30.2. The van der Waals surface area contributed by atoms with Gasteiger partial charge in [0, 0.05) is 36.8 Å². The van der Waals surface area contributed by atoms with Gasteiger partial charge < -0.3 is 16.0 Å². The van der Waals surface area contributed by atoms with Crippen molar-refractivity contribution < 1.29 is 18.4 Å². The first kappa shape index (κ1) is 28.4. The second-order valence-corrected chi connectivity index (χ2v) is 11.0. The molecule has 0 spiro atoms. The average molecular weight is 535 g/mol. The number of hydrogen-bond donors (Lipinski definition) is 2. The van der Waals surface area contributed by atoms with Gasteiger partial charge in [-0.25, -0.2) is 4.98 Å². The number of nitrogens with one attached hydrogen (secondary N) is 1. The van der Waals surface area contributed by atoms with Gasteiger partial charge in [0.2, 0.25) is 5.91 Å². The van der Waals surface area contributed by atoms with Crippen molar-refractivity contribution in [2.45, 2.75) is 64.0 Å². The summed E-state index contributed by atoms with van der Waals surface area (Å²) in [5.41, 5.74) is 10.7. The predicted molar refractivity (Wildman–Crippen MR) is 150 cm³/mol. The van der Waals surface area contributed by atoms with Crippen molar-refractivity contribution in [3.63, 3.8) is 0 Å². The molecule has 0 saturated heterocycles. The van der Waals surface area contributed by atoms with Crippen molar-refractivity contribution in [2.75, 3.05) is 12.4 Å². The molecule has 8 heteroatoms. The van der Waals surface area contributed by atoms with Gasteiger partial charge in [-0.05, 0) is 73.8 Å². The van der Waals surface area contributed by atoms with E-state index in [0.717, 1.165) is 32.7 Å². The molecule has 1 heterocycles. The highest BCUT2D eigenvalue weighted by Gasteiger charge is 2.31. The topological polar surface area (TPSA) is 88.3 Å². The zero-order valence-electron chi connectivity index (χ0n) is 22.7. The van der Waals surface area contributed by atoms with Crippen LogP contribution in [-0.2, 0) is 15.1 Å². The molecule has 3 N–H and O–H groups in total. The lowest BCUT2D eigenvalue weighted by atomic mass is 9.83. The minimum absolute atomic E-state index is 0.134. The first-order chi connectivity index (χ1) is 18.5. The van der Waals surface area contributed by atoms with Crippen LogP contribution < -0.4 is 11.1 Å². The summed E-state index contributed by atoms with van der Waals surface area (Å²) >= 11 is 0. The van der Waals surface area contributed by atoms with Crippen LogP contribution in [0, 0.1) is 5.92 Å². The van der Waals surface area contributed by atoms with E-state index in [-0.39, 0.29) is 17.9 Å².